The number of halogens is 4. The van der Waals surface area contributed by atoms with Gasteiger partial charge in [0.15, 0.2) is 12.4 Å². The molecule has 0 bridgehead atoms. The molecule has 0 saturated heterocycles. The topological polar surface area (TPSA) is 28.3 Å². The fraction of sp³-hybridized carbons (Fsp3) is 0. The van der Waals surface area contributed by atoms with E-state index in [1.165, 1.54) is 65.6 Å². The van der Waals surface area contributed by atoms with Crippen molar-refractivity contribution in [3.63, 3.8) is 0 Å². The van der Waals surface area contributed by atoms with Gasteiger partial charge in [-0.15, -0.1) is 24.8 Å². The third-order valence-corrected chi connectivity index (χ3v) is 7.53. The van der Waals surface area contributed by atoms with Gasteiger partial charge in [-0.3, -0.25) is 0 Å². The molecule has 0 spiro atoms. The molecular formula is C38H30Cl4N2. The molecule has 44 heavy (non-hydrogen) atoms. The van der Waals surface area contributed by atoms with Gasteiger partial charge in [-0.1, -0.05) is 121 Å². The van der Waals surface area contributed by atoms with Crippen LogP contribution in [0.4, 0.5) is 0 Å². The van der Waals surface area contributed by atoms with Crippen molar-refractivity contribution in [2.75, 3.05) is 0 Å². The lowest BCUT2D eigenvalue weighted by atomic mass is 9.97. The molecule has 2 heterocycles. The highest BCUT2D eigenvalue weighted by atomic mass is 35.5. The third-order valence-electron chi connectivity index (χ3n) is 7.53. The van der Waals surface area contributed by atoms with Gasteiger partial charge in [0.2, 0.25) is 11.0 Å². The van der Waals surface area contributed by atoms with Crippen LogP contribution in [0.15, 0.2) is 158 Å². The molecule has 0 aliphatic carbocycles. The number of benzene rings is 6. The minimum absolute atomic E-state index is 0. The predicted octanol–water partition coefficient (Wildman–Crippen LogP) is 3.80. The Kier molecular flexibility index (Phi) is 12.1. The van der Waals surface area contributed by atoms with E-state index in [2.05, 4.69) is 168 Å². The van der Waals surface area contributed by atoms with Gasteiger partial charge in [-0.2, -0.15) is 0 Å². The van der Waals surface area contributed by atoms with Crippen LogP contribution in [0.5, 0.6) is 0 Å². The molecule has 0 unspecified atom stereocenters. The van der Waals surface area contributed by atoms with Gasteiger partial charge in [0.1, 0.15) is 0 Å². The van der Waals surface area contributed by atoms with Crippen LogP contribution in [0, 0.1) is 0 Å². The molecule has 2 aromatic heterocycles. The van der Waals surface area contributed by atoms with E-state index in [9.17, 15) is 0 Å². The van der Waals surface area contributed by atoms with E-state index in [4.69, 9.17) is 0 Å². The summed E-state index contributed by atoms with van der Waals surface area (Å²) >= 11 is 0. The molecule has 0 saturated carbocycles. The molecule has 0 amide bonds. The lowest BCUT2D eigenvalue weighted by molar-refractivity contribution is -0.342. The number of aromatic amines is 2. The highest BCUT2D eigenvalue weighted by molar-refractivity contribution is 6.12. The Labute approximate surface area is 281 Å². The summed E-state index contributed by atoms with van der Waals surface area (Å²) in [5.74, 6) is 0. The normalized spacial score (nSPS) is 10.0. The van der Waals surface area contributed by atoms with Crippen molar-refractivity contribution in [2.45, 2.75) is 0 Å². The number of rotatable bonds is 2. The number of pyridine rings is 2. The van der Waals surface area contributed by atoms with Crippen LogP contribution in [0.3, 0.4) is 0 Å². The van der Waals surface area contributed by atoms with E-state index < -0.39 is 0 Å². The van der Waals surface area contributed by atoms with Crippen LogP contribution in [-0.4, -0.2) is 0 Å². The molecule has 0 aliphatic heterocycles. The number of aromatic nitrogens is 2. The quantitative estimate of drug-likeness (QED) is 0.254. The Bertz CT molecular complexity index is 1960. The lowest BCUT2D eigenvalue weighted by Crippen LogP contribution is -3.00. The number of H-pyrrole nitrogens is 2. The summed E-state index contributed by atoms with van der Waals surface area (Å²) < 4.78 is 0. The standard InChI is InChI=1S/2C19H13N.4ClH/c2*1-2-7-14(8-3-1)16-11-6-12-18-19(16)17-10-5-4-9-15(17)13-20-18;;;;/h2*1-13H;4*1H. The number of hydrogen-bond donors (Lipinski definition) is 0. The van der Waals surface area contributed by atoms with Crippen molar-refractivity contribution in [3.8, 4) is 22.3 Å². The monoisotopic (exact) mass is 654 g/mol. The first kappa shape index (κ1) is 34.3. The fourth-order valence-corrected chi connectivity index (χ4v) is 5.65. The Balaban J connectivity index is 0.000000220. The smallest absolute Gasteiger partial charge is 0.212 e. The zero-order chi connectivity index (χ0) is 26.7. The van der Waals surface area contributed by atoms with Gasteiger partial charge < -0.3 is 24.8 Å². The first-order valence-corrected chi connectivity index (χ1v) is 13.6. The molecule has 8 rings (SSSR count). The summed E-state index contributed by atoms with van der Waals surface area (Å²) in [6.07, 6.45) is 4.15. The average molecular weight is 656 g/mol. The third kappa shape index (κ3) is 6.65. The van der Waals surface area contributed by atoms with Crippen molar-refractivity contribution in [3.05, 3.63) is 158 Å². The van der Waals surface area contributed by atoms with Gasteiger partial charge in [-0.25, -0.2) is 9.97 Å². The van der Waals surface area contributed by atoms with Gasteiger partial charge in [0, 0.05) is 33.7 Å². The van der Waals surface area contributed by atoms with E-state index in [0.29, 0.717) is 0 Å². The van der Waals surface area contributed by atoms with E-state index >= 15 is 0 Å². The first-order valence-electron chi connectivity index (χ1n) is 13.6. The van der Waals surface area contributed by atoms with Crippen LogP contribution in [0.25, 0.3) is 65.6 Å². The summed E-state index contributed by atoms with van der Waals surface area (Å²) in [4.78, 5) is 6.81. The molecule has 0 radical (unpaired) electrons. The number of fused-ring (bicyclic) bond motifs is 6. The average Bonchev–Trinajstić information content (AvgIpc) is 3.05. The van der Waals surface area contributed by atoms with Crippen molar-refractivity contribution in [2.24, 2.45) is 0 Å². The molecule has 0 atom stereocenters. The summed E-state index contributed by atoms with van der Waals surface area (Å²) in [7, 11) is 0. The molecule has 220 valence electrons. The molecule has 6 heteroatoms. The highest BCUT2D eigenvalue weighted by Crippen LogP contribution is 2.33. The van der Waals surface area contributed by atoms with Crippen LogP contribution in [0.2, 0.25) is 0 Å². The highest BCUT2D eigenvalue weighted by Gasteiger charge is 2.12. The maximum atomic E-state index is 3.40. The van der Waals surface area contributed by atoms with Crippen molar-refractivity contribution in [1.29, 1.82) is 0 Å². The maximum Gasteiger partial charge on any atom is 0.212 e. The molecule has 8 aromatic rings. The van der Waals surface area contributed by atoms with Crippen molar-refractivity contribution < 1.29 is 34.8 Å². The number of nitrogens with one attached hydrogen (secondary N) is 2. The second kappa shape index (κ2) is 15.5. The number of hydrogen-bond acceptors (Lipinski definition) is 0. The van der Waals surface area contributed by atoms with E-state index in [1.54, 1.807) is 0 Å². The Morgan fingerprint density at radius 2 is 0.705 bits per heavy atom. The molecular weight excluding hydrogens is 626 g/mol. The molecule has 6 aromatic carbocycles. The molecule has 2 nitrogen and oxygen atoms in total. The summed E-state index contributed by atoms with van der Waals surface area (Å²) in [6, 6.07) is 51.0. The molecule has 2 N–H and O–H groups in total. The van der Waals surface area contributed by atoms with Gasteiger partial charge in [-0.05, 0) is 34.4 Å². The Hall–Kier alpha value is -4.18. The predicted molar refractivity (Wildman–Crippen MR) is 181 cm³/mol. The van der Waals surface area contributed by atoms with E-state index in [1.807, 2.05) is 0 Å². The van der Waals surface area contributed by atoms with Crippen molar-refractivity contribution >= 4 is 68.2 Å². The van der Waals surface area contributed by atoms with Crippen LogP contribution in [0.1, 0.15) is 0 Å². The van der Waals surface area contributed by atoms with E-state index in [-0.39, 0.29) is 49.6 Å². The van der Waals surface area contributed by atoms with Crippen LogP contribution in [-0.2, 0) is 0 Å². The maximum absolute atomic E-state index is 3.40. The van der Waals surface area contributed by atoms with Gasteiger partial charge in [0.25, 0.3) is 0 Å². The lowest BCUT2D eigenvalue weighted by Gasteiger charge is -2.06. The van der Waals surface area contributed by atoms with Crippen molar-refractivity contribution in [1.82, 2.24) is 0 Å². The zero-order valence-corrected chi connectivity index (χ0v) is 26.7. The summed E-state index contributed by atoms with van der Waals surface area (Å²) in [5, 5.41) is 7.64. The Morgan fingerprint density at radius 3 is 1.11 bits per heavy atom. The van der Waals surface area contributed by atoms with E-state index in [0.717, 1.165) is 0 Å². The minimum Gasteiger partial charge on any atom is -1.00 e. The van der Waals surface area contributed by atoms with Crippen LogP contribution >= 0.6 is 24.8 Å². The largest absolute Gasteiger partial charge is 1.00 e. The van der Waals surface area contributed by atoms with Gasteiger partial charge in [0.05, 0.1) is 10.8 Å². The summed E-state index contributed by atoms with van der Waals surface area (Å²) in [6.45, 7) is 0. The fourth-order valence-electron chi connectivity index (χ4n) is 5.65. The second-order valence-corrected chi connectivity index (χ2v) is 9.94. The Morgan fingerprint density at radius 1 is 0.341 bits per heavy atom. The zero-order valence-electron chi connectivity index (χ0n) is 23.6. The minimum atomic E-state index is 0. The molecule has 0 fully saturated rings. The first-order chi connectivity index (χ1) is 19.9. The SMILES string of the molecule is Cl.Cl.[Cl-].[Cl-].c1ccc(-c2cccc3[nH+]cc4ccccc4c23)cc1.c1ccc(-c2cccc3[nH+]cc4ccccc4c23)cc1. The van der Waals surface area contributed by atoms with Crippen LogP contribution < -0.4 is 34.8 Å². The molecule has 0 aliphatic rings. The van der Waals surface area contributed by atoms with Gasteiger partial charge >= 0.3 is 0 Å². The summed E-state index contributed by atoms with van der Waals surface area (Å²) in [5.41, 5.74) is 7.40. The second-order valence-electron chi connectivity index (χ2n) is 9.94.